The number of benzene rings is 1. The molecule has 1 saturated carbocycles. The molecular weight excluding hydrogens is 261 g/mol. The highest BCUT2D eigenvalue weighted by atomic mass is 32.1. The number of nitrogens with two attached hydrogens (primary N) is 1. The van der Waals surface area contributed by atoms with Crippen LogP contribution in [0.3, 0.4) is 0 Å². The van der Waals surface area contributed by atoms with E-state index in [0.717, 1.165) is 12.8 Å². The zero-order valence-corrected chi connectivity index (χ0v) is 12.0. The fourth-order valence-electron chi connectivity index (χ4n) is 2.56. The minimum Gasteiger partial charge on any atom is -0.389 e. The van der Waals surface area contributed by atoms with Gasteiger partial charge >= 0.3 is 0 Å². The topological polar surface area (TPSA) is 35.2 Å². The Bertz CT molecular complexity index is 463. The van der Waals surface area contributed by atoms with Crippen molar-refractivity contribution in [2.24, 2.45) is 11.7 Å². The lowest BCUT2D eigenvalue weighted by molar-refractivity contribution is 0.00353. The number of thiocarbonyl (C=S) groups is 1. The Kier molecular flexibility index (Phi) is 4.88. The van der Waals surface area contributed by atoms with Crippen LogP contribution < -0.4 is 5.73 Å². The number of hydrogen-bond acceptors (Lipinski definition) is 2. The number of ether oxygens (including phenoxy) is 1. The lowest BCUT2D eigenvalue weighted by Crippen LogP contribution is -2.21. The lowest BCUT2D eigenvalue weighted by Gasteiger charge is -2.26. The van der Waals surface area contributed by atoms with Gasteiger partial charge in [-0.1, -0.05) is 44.1 Å². The molecule has 0 bridgehead atoms. The molecule has 2 unspecified atom stereocenters. The Hall–Kier alpha value is -1.00. The molecule has 0 saturated heterocycles. The van der Waals surface area contributed by atoms with Crippen LogP contribution >= 0.6 is 12.2 Å². The van der Waals surface area contributed by atoms with Gasteiger partial charge in [0, 0.05) is 11.1 Å². The molecule has 1 aromatic rings. The third-order valence-corrected chi connectivity index (χ3v) is 3.94. The zero-order chi connectivity index (χ0) is 13.8. The Morgan fingerprint density at radius 2 is 2.26 bits per heavy atom. The van der Waals surface area contributed by atoms with Gasteiger partial charge in [0.15, 0.2) is 0 Å². The molecule has 19 heavy (non-hydrogen) atoms. The van der Waals surface area contributed by atoms with Crippen molar-refractivity contribution in [1.82, 2.24) is 0 Å². The SMILES string of the molecule is CC1CCCC(OCc2ccc(C(N)=S)cc2F)C1. The maximum absolute atomic E-state index is 13.8. The van der Waals surface area contributed by atoms with E-state index in [0.29, 0.717) is 23.7 Å². The second-order valence-electron chi connectivity index (χ2n) is 5.38. The van der Waals surface area contributed by atoms with E-state index in [1.165, 1.54) is 18.9 Å². The highest BCUT2D eigenvalue weighted by molar-refractivity contribution is 7.80. The summed E-state index contributed by atoms with van der Waals surface area (Å²) in [4.78, 5) is 0.215. The van der Waals surface area contributed by atoms with E-state index >= 15 is 0 Å². The van der Waals surface area contributed by atoms with E-state index in [9.17, 15) is 4.39 Å². The summed E-state index contributed by atoms with van der Waals surface area (Å²) in [5, 5.41) is 0. The maximum atomic E-state index is 13.8. The van der Waals surface area contributed by atoms with E-state index in [2.05, 4.69) is 6.92 Å². The van der Waals surface area contributed by atoms with E-state index in [4.69, 9.17) is 22.7 Å². The van der Waals surface area contributed by atoms with Crippen molar-refractivity contribution in [2.45, 2.75) is 45.3 Å². The Morgan fingerprint density at radius 1 is 1.47 bits per heavy atom. The van der Waals surface area contributed by atoms with Crippen molar-refractivity contribution in [3.8, 4) is 0 Å². The molecule has 104 valence electrons. The van der Waals surface area contributed by atoms with Crippen LogP contribution in [0.15, 0.2) is 18.2 Å². The molecular formula is C15H20FNOS. The predicted octanol–water partition coefficient (Wildman–Crippen LogP) is 3.56. The van der Waals surface area contributed by atoms with Crippen molar-refractivity contribution in [3.05, 3.63) is 35.1 Å². The van der Waals surface area contributed by atoms with Gasteiger partial charge in [-0.3, -0.25) is 0 Å². The summed E-state index contributed by atoms with van der Waals surface area (Å²) in [7, 11) is 0. The summed E-state index contributed by atoms with van der Waals surface area (Å²) in [6, 6.07) is 4.83. The molecule has 0 amide bonds. The van der Waals surface area contributed by atoms with Gasteiger partial charge in [0.05, 0.1) is 12.7 Å². The monoisotopic (exact) mass is 281 g/mol. The van der Waals surface area contributed by atoms with Gasteiger partial charge in [0.1, 0.15) is 10.8 Å². The summed E-state index contributed by atoms with van der Waals surface area (Å²) in [6.45, 7) is 2.56. The van der Waals surface area contributed by atoms with E-state index in [1.54, 1.807) is 12.1 Å². The molecule has 0 spiro atoms. The maximum Gasteiger partial charge on any atom is 0.129 e. The molecule has 2 nitrogen and oxygen atoms in total. The van der Waals surface area contributed by atoms with Crippen molar-refractivity contribution < 1.29 is 9.13 Å². The molecule has 0 aromatic heterocycles. The van der Waals surface area contributed by atoms with Crippen LogP contribution in [-0.4, -0.2) is 11.1 Å². The van der Waals surface area contributed by atoms with Gasteiger partial charge in [-0.2, -0.15) is 0 Å². The van der Waals surface area contributed by atoms with E-state index < -0.39 is 0 Å². The highest BCUT2D eigenvalue weighted by Crippen LogP contribution is 2.26. The van der Waals surface area contributed by atoms with E-state index in [-0.39, 0.29) is 16.9 Å². The van der Waals surface area contributed by atoms with Crippen molar-refractivity contribution in [1.29, 1.82) is 0 Å². The standard InChI is InChI=1S/C15H20FNOS/c1-10-3-2-4-13(7-10)18-9-12-6-5-11(15(17)19)8-14(12)16/h5-6,8,10,13H,2-4,7,9H2,1H3,(H2,17,19). The molecule has 1 aliphatic carbocycles. The average Bonchev–Trinajstić information content (AvgIpc) is 2.37. The Balaban J connectivity index is 1.94. The number of rotatable bonds is 4. The molecule has 4 heteroatoms. The average molecular weight is 281 g/mol. The van der Waals surface area contributed by atoms with Crippen molar-refractivity contribution in [3.63, 3.8) is 0 Å². The number of hydrogen-bond donors (Lipinski definition) is 1. The van der Waals surface area contributed by atoms with E-state index in [1.807, 2.05) is 0 Å². The van der Waals surface area contributed by atoms with Gasteiger partial charge < -0.3 is 10.5 Å². The second-order valence-corrected chi connectivity index (χ2v) is 5.82. The van der Waals surface area contributed by atoms with Crippen LogP contribution in [-0.2, 0) is 11.3 Å². The lowest BCUT2D eigenvalue weighted by atomic mass is 9.89. The second kappa shape index (κ2) is 6.44. The summed E-state index contributed by atoms with van der Waals surface area (Å²) < 4.78 is 19.7. The molecule has 1 fully saturated rings. The smallest absolute Gasteiger partial charge is 0.129 e. The zero-order valence-electron chi connectivity index (χ0n) is 11.2. The predicted molar refractivity (Wildman–Crippen MR) is 78.5 cm³/mol. The van der Waals surface area contributed by atoms with Crippen LogP contribution in [0.4, 0.5) is 4.39 Å². The molecule has 2 rings (SSSR count). The van der Waals surface area contributed by atoms with Crippen LogP contribution in [0.5, 0.6) is 0 Å². The molecule has 0 heterocycles. The van der Waals surface area contributed by atoms with Gasteiger partial charge in [-0.25, -0.2) is 4.39 Å². The number of halogens is 1. The van der Waals surface area contributed by atoms with Gasteiger partial charge in [-0.05, 0) is 24.8 Å². The Morgan fingerprint density at radius 3 is 2.89 bits per heavy atom. The third kappa shape index (κ3) is 3.98. The van der Waals surface area contributed by atoms with Crippen LogP contribution in [0.2, 0.25) is 0 Å². The molecule has 0 radical (unpaired) electrons. The molecule has 1 aromatic carbocycles. The largest absolute Gasteiger partial charge is 0.389 e. The Labute approximate surface area is 119 Å². The summed E-state index contributed by atoms with van der Waals surface area (Å²) in [5.41, 5.74) is 6.60. The quantitative estimate of drug-likeness (QED) is 0.857. The van der Waals surface area contributed by atoms with Crippen molar-refractivity contribution >= 4 is 17.2 Å². The molecule has 2 atom stereocenters. The first-order chi connectivity index (χ1) is 9.06. The highest BCUT2D eigenvalue weighted by Gasteiger charge is 2.19. The first-order valence-corrected chi connectivity index (χ1v) is 7.17. The molecule has 2 N–H and O–H groups in total. The summed E-state index contributed by atoms with van der Waals surface area (Å²) >= 11 is 4.82. The van der Waals surface area contributed by atoms with Gasteiger partial charge in [0.25, 0.3) is 0 Å². The third-order valence-electron chi connectivity index (χ3n) is 3.70. The summed E-state index contributed by atoms with van der Waals surface area (Å²) in [5.74, 6) is 0.412. The van der Waals surface area contributed by atoms with Crippen LogP contribution in [0, 0.1) is 11.7 Å². The normalized spacial score (nSPS) is 23.3. The molecule has 0 aliphatic heterocycles. The van der Waals surface area contributed by atoms with Crippen LogP contribution in [0.25, 0.3) is 0 Å². The first kappa shape index (κ1) is 14.4. The van der Waals surface area contributed by atoms with Gasteiger partial charge in [0.2, 0.25) is 0 Å². The van der Waals surface area contributed by atoms with Gasteiger partial charge in [-0.15, -0.1) is 0 Å². The minimum absolute atomic E-state index is 0.215. The minimum atomic E-state index is -0.297. The fourth-order valence-corrected chi connectivity index (χ4v) is 2.68. The summed E-state index contributed by atoms with van der Waals surface area (Å²) in [6.07, 6.45) is 4.90. The van der Waals surface area contributed by atoms with Crippen LogP contribution in [0.1, 0.15) is 43.7 Å². The molecule has 1 aliphatic rings. The first-order valence-electron chi connectivity index (χ1n) is 6.76. The fraction of sp³-hybridized carbons (Fsp3) is 0.533. The van der Waals surface area contributed by atoms with Crippen molar-refractivity contribution in [2.75, 3.05) is 0 Å².